The Morgan fingerprint density at radius 2 is 1.67 bits per heavy atom. The zero-order valence-corrected chi connectivity index (χ0v) is 19.0. The van der Waals surface area contributed by atoms with Crippen LogP contribution in [0, 0.1) is 0 Å². The lowest BCUT2D eigenvalue weighted by Crippen LogP contribution is -2.26. The van der Waals surface area contributed by atoms with Crippen LogP contribution in [0.25, 0.3) is 11.4 Å². The molecule has 2 N–H and O–H groups in total. The summed E-state index contributed by atoms with van der Waals surface area (Å²) < 4.78 is 16.0. The van der Waals surface area contributed by atoms with Crippen molar-refractivity contribution in [3.63, 3.8) is 0 Å². The zero-order valence-electron chi connectivity index (χ0n) is 19.0. The number of methoxy groups -OCH3 is 3. The molecule has 0 aliphatic rings. The number of aryl methyl sites for hydroxylation is 2. The first kappa shape index (κ1) is 23.8. The molecule has 0 saturated carbocycles. The Labute approximate surface area is 192 Å². The highest BCUT2D eigenvalue weighted by Crippen LogP contribution is 2.40. The maximum absolute atomic E-state index is 12.5. The highest BCUT2D eigenvalue weighted by molar-refractivity contribution is 5.76. The molecule has 0 saturated heterocycles. The summed E-state index contributed by atoms with van der Waals surface area (Å²) in [5.41, 5.74) is 1.59. The van der Waals surface area contributed by atoms with Crippen LogP contribution >= 0.6 is 0 Å². The van der Waals surface area contributed by atoms with E-state index in [9.17, 15) is 9.59 Å². The smallest absolute Gasteiger partial charge is 0.273 e. The molecular formula is C24H28N4O5. The molecule has 0 fully saturated rings. The van der Waals surface area contributed by atoms with Crippen LogP contribution in [-0.2, 0) is 17.6 Å². The molecule has 2 aromatic carbocycles. The number of carbonyl (C=O) groups excluding carboxylic acids is 1. The number of aromatic amines is 1. The molecule has 0 unspecified atom stereocenters. The molecule has 1 amide bonds. The lowest BCUT2D eigenvalue weighted by Gasteiger charge is -2.13. The Kier molecular flexibility index (Phi) is 8.40. The Balaban J connectivity index is 1.57. The lowest BCUT2D eigenvalue weighted by atomic mass is 10.1. The topological polar surface area (TPSA) is 115 Å². The third-order valence-electron chi connectivity index (χ3n) is 5.10. The van der Waals surface area contributed by atoms with Crippen LogP contribution in [0.4, 0.5) is 0 Å². The number of nitrogens with one attached hydrogen (secondary N) is 2. The number of amides is 1. The van der Waals surface area contributed by atoms with Crippen LogP contribution in [0.3, 0.4) is 0 Å². The number of carbonyl (C=O) groups is 1. The van der Waals surface area contributed by atoms with Crippen LogP contribution < -0.4 is 25.1 Å². The number of hydrogen-bond donors (Lipinski definition) is 2. The summed E-state index contributed by atoms with van der Waals surface area (Å²) in [6.45, 7) is 0.579. The number of H-pyrrole nitrogens is 1. The first-order valence-electron chi connectivity index (χ1n) is 10.6. The van der Waals surface area contributed by atoms with Gasteiger partial charge in [-0.3, -0.25) is 9.59 Å². The number of nitrogens with zero attached hydrogens (tertiary/aromatic N) is 2. The van der Waals surface area contributed by atoms with Crippen molar-refractivity contribution in [2.24, 2.45) is 0 Å². The van der Waals surface area contributed by atoms with Gasteiger partial charge in [-0.1, -0.05) is 30.3 Å². The summed E-state index contributed by atoms with van der Waals surface area (Å²) in [5.74, 6) is 1.43. The second kappa shape index (κ2) is 11.7. The predicted molar refractivity (Wildman–Crippen MR) is 124 cm³/mol. The van der Waals surface area contributed by atoms with E-state index in [0.717, 1.165) is 12.8 Å². The van der Waals surface area contributed by atoms with Crippen LogP contribution in [0.5, 0.6) is 17.2 Å². The molecule has 0 aliphatic carbocycles. The van der Waals surface area contributed by atoms with Crippen LogP contribution in [0.1, 0.15) is 24.1 Å². The highest BCUT2D eigenvalue weighted by atomic mass is 16.5. The monoisotopic (exact) mass is 452 g/mol. The first-order valence-corrected chi connectivity index (χ1v) is 10.6. The van der Waals surface area contributed by atoms with Crippen molar-refractivity contribution >= 4 is 5.91 Å². The fourth-order valence-electron chi connectivity index (χ4n) is 3.36. The summed E-state index contributed by atoms with van der Waals surface area (Å²) >= 11 is 0. The van der Waals surface area contributed by atoms with E-state index < -0.39 is 5.56 Å². The van der Waals surface area contributed by atoms with E-state index in [1.165, 1.54) is 26.9 Å². The minimum Gasteiger partial charge on any atom is -0.493 e. The van der Waals surface area contributed by atoms with Gasteiger partial charge in [-0.15, -0.1) is 10.2 Å². The lowest BCUT2D eigenvalue weighted by molar-refractivity contribution is -0.121. The SMILES string of the molecule is COc1cc(-c2nnc(CCC(=O)NCCCc3ccccc3)c(=O)[nH]2)cc(OC)c1OC. The molecule has 9 heteroatoms. The molecule has 0 aliphatic heterocycles. The molecule has 0 bridgehead atoms. The van der Waals surface area contributed by atoms with Crippen molar-refractivity contribution < 1.29 is 19.0 Å². The average Bonchev–Trinajstić information content (AvgIpc) is 2.85. The maximum atomic E-state index is 12.5. The van der Waals surface area contributed by atoms with Crippen LogP contribution in [0.15, 0.2) is 47.3 Å². The summed E-state index contributed by atoms with van der Waals surface area (Å²) in [4.78, 5) is 27.3. The number of benzene rings is 2. The molecule has 3 aromatic rings. The van der Waals surface area contributed by atoms with Gasteiger partial charge in [-0.25, -0.2) is 0 Å². The van der Waals surface area contributed by atoms with Gasteiger partial charge in [0.25, 0.3) is 5.56 Å². The van der Waals surface area contributed by atoms with Gasteiger partial charge in [0.05, 0.1) is 21.3 Å². The predicted octanol–water partition coefficient (Wildman–Crippen LogP) is 2.54. The van der Waals surface area contributed by atoms with Gasteiger partial charge in [-0.2, -0.15) is 0 Å². The van der Waals surface area contributed by atoms with Gasteiger partial charge in [0.15, 0.2) is 17.3 Å². The van der Waals surface area contributed by atoms with Gasteiger partial charge >= 0.3 is 0 Å². The Hall–Kier alpha value is -3.88. The molecule has 0 atom stereocenters. The van der Waals surface area contributed by atoms with Crippen molar-refractivity contribution in [1.29, 1.82) is 0 Å². The van der Waals surface area contributed by atoms with Gasteiger partial charge in [0.2, 0.25) is 11.7 Å². The summed E-state index contributed by atoms with van der Waals surface area (Å²) in [6.07, 6.45) is 2.10. The zero-order chi connectivity index (χ0) is 23.6. The number of aromatic nitrogens is 3. The first-order chi connectivity index (χ1) is 16.0. The van der Waals surface area contributed by atoms with Gasteiger partial charge < -0.3 is 24.5 Å². The molecule has 9 nitrogen and oxygen atoms in total. The Bertz CT molecular complexity index is 1110. The molecule has 1 aromatic heterocycles. The number of hydrogen-bond acceptors (Lipinski definition) is 7. The molecule has 1 heterocycles. The van der Waals surface area contributed by atoms with Crippen molar-refractivity contribution in [2.45, 2.75) is 25.7 Å². The Morgan fingerprint density at radius 1 is 0.970 bits per heavy atom. The van der Waals surface area contributed by atoms with Gasteiger partial charge in [0, 0.05) is 24.9 Å². The fourth-order valence-corrected chi connectivity index (χ4v) is 3.36. The molecule has 0 radical (unpaired) electrons. The third kappa shape index (κ3) is 6.31. The van der Waals surface area contributed by atoms with E-state index in [1.807, 2.05) is 18.2 Å². The standard InChI is InChI=1S/C24H28N4O5/c1-31-19-14-17(15-20(32-2)22(19)33-3)23-26-24(30)18(27-28-23)11-12-21(29)25-13-7-10-16-8-5-4-6-9-16/h4-6,8-9,14-15H,7,10-13H2,1-3H3,(H,25,29)(H,26,28,30). The summed E-state index contributed by atoms with van der Waals surface area (Å²) in [7, 11) is 4.52. The van der Waals surface area contributed by atoms with Gasteiger partial charge in [0.1, 0.15) is 5.69 Å². The second-order valence-electron chi connectivity index (χ2n) is 7.30. The minimum atomic E-state index is -0.398. The largest absolute Gasteiger partial charge is 0.493 e. The summed E-state index contributed by atoms with van der Waals surface area (Å²) in [5, 5.41) is 11.0. The van der Waals surface area contributed by atoms with E-state index in [2.05, 4.69) is 32.6 Å². The second-order valence-corrected chi connectivity index (χ2v) is 7.30. The average molecular weight is 453 g/mol. The fraction of sp³-hybridized carbons (Fsp3) is 0.333. The summed E-state index contributed by atoms with van der Waals surface area (Å²) in [6, 6.07) is 13.4. The van der Waals surface area contributed by atoms with Crippen molar-refractivity contribution in [3.8, 4) is 28.6 Å². The van der Waals surface area contributed by atoms with E-state index in [1.54, 1.807) is 12.1 Å². The van der Waals surface area contributed by atoms with E-state index >= 15 is 0 Å². The van der Waals surface area contributed by atoms with Crippen molar-refractivity contribution in [3.05, 3.63) is 64.1 Å². The van der Waals surface area contributed by atoms with Gasteiger partial charge in [-0.05, 0) is 30.5 Å². The molecule has 3 rings (SSSR count). The maximum Gasteiger partial charge on any atom is 0.273 e. The normalized spacial score (nSPS) is 10.5. The minimum absolute atomic E-state index is 0.127. The number of ether oxygens (including phenoxy) is 3. The van der Waals surface area contributed by atoms with Crippen LogP contribution in [0.2, 0.25) is 0 Å². The Morgan fingerprint density at radius 3 is 2.27 bits per heavy atom. The van der Waals surface area contributed by atoms with Crippen LogP contribution in [-0.4, -0.2) is 49.0 Å². The highest BCUT2D eigenvalue weighted by Gasteiger charge is 2.16. The third-order valence-corrected chi connectivity index (χ3v) is 5.10. The molecule has 174 valence electrons. The van der Waals surface area contributed by atoms with E-state index in [4.69, 9.17) is 14.2 Å². The van der Waals surface area contributed by atoms with Crippen molar-refractivity contribution in [1.82, 2.24) is 20.5 Å². The molecule has 0 spiro atoms. The number of rotatable bonds is 11. The van der Waals surface area contributed by atoms with E-state index in [-0.39, 0.29) is 30.3 Å². The molecular weight excluding hydrogens is 424 g/mol. The molecule has 33 heavy (non-hydrogen) atoms. The quantitative estimate of drug-likeness (QED) is 0.430. The van der Waals surface area contributed by atoms with E-state index in [0.29, 0.717) is 29.4 Å². The van der Waals surface area contributed by atoms with Crippen molar-refractivity contribution in [2.75, 3.05) is 27.9 Å².